The van der Waals surface area contributed by atoms with Gasteiger partial charge >= 0.3 is 6.18 Å². The van der Waals surface area contributed by atoms with Crippen LogP contribution >= 0.6 is 0 Å². The quantitative estimate of drug-likeness (QED) is 0.547. The second-order valence-electron chi connectivity index (χ2n) is 5.14. The molecular weight excluding hydrogens is 335 g/mol. The number of fused-ring (bicyclic) bond motifs is 1. The SMILES string of the molecule is [2H]c1c([2H])c(CCC([2H])([2H])N[C@@H](c2c([2H])c([2H])c([2H])c3c([2H])c([2H])c([2H])c([2H])c23)C([2H])([2H])[2H])c([2H])c(C(F)(F)F)c1[2H]. The molecule has 3 aromatic carbocycles. The molecule has 4 heteroatoms. The molecule has 0 radical (unpaired) electrons. The summed E-state index contributed by atoms with van der Waals surface area (Å²) in [7, 11) is 0. The minimum Gasteiger partial charge on any atom is -0.310 e. The monoisotopic (exact) mass is 373 g/mol. The van der Waals surface area contributed by atoms with E-state index in [0.717, 1.165) is 0 Å². The third kappa shape index (κ3) is 4.44. The zero-order valence-corrected chi connectivity index (χ0v) is 13.1. The number of hydrogen-bond acceptors (Lipinski definition) is 1. The number of rotatable bonds is 6. The van der Waals surface area contributed by atoms with Crippen molar-refractivity contribution >= 4 is 10.8 Å². The average molecular weight is 374 g/mol. The molecule has 0 fully saturated rings. The van der Waals surface area contributed by atoms with Crippen LogP contribution in [0.2, 0.25) is 0 Å². The molecule has 0 spiro atoms. The van der Waals surface area contributed by atoms with Crippen molar-refractivity contribution in [2.45, 2.75) is 31.9 Å². The summed E-state index contributed by atoms with van der Waals surface area (Å²) >= 11 is 0. The largest absolute Gasteiger partial charge is 0.416 e. The molecule has 3 aromatic rings. The van der Waals surface area contributed by atoms with Crippen molar-refractivity contribution in [3.8, 4) is 0 Å². The summed E-state index contributed by atoms with van der Waals surface area (Å²) in [5, 5.41) is 0.951. The van der Waals surface area contributed by atoms with Gasteiger partial charge in [-0.25, -0.2) is 0 Å². The van der Waals surface area contributed by atoms with E-state index in [0.29, 0.717) is 0 Å². The number of nitrogens with one attached hydrogen (secondary N) is 1. The van der Waals surface area contributed by atoms with Crippen LogP contribution in [0, 0.1) is 0 Å². The Labute approximate surface area is 174 Å². The van der Waals surface area contributed by atoms with Crippen LogP contribution in [0.1, 0.15) is 57.9 Å². The van der Waals surface area contributed by atoms with Gasteiger partial charge < -0.3 is 5.32 Å². The fourth-order valence-corrected chi connectivity index (χ4v) is 2.13. The normalized spacial score (nSPS) is 22.9. The molecule has 0 aromatic heterocycles. The van der Waals surface area contributed by atoms with E-state index in [1.54, 1.807) is 0 Å². The van der Waals surface area contributed by atoms with Gasteiger partial charge in [0.2, 0.25) is 0 Å². The van der Waals surface area contributed by atoms with Crippen LogP contribution in [-0.2, 0) is 12.6 Å². The van der Waals surface area contributed by atoms with E-state index in [4.69, 9.17) is 21.9 Å². The summed E-state index contributed by atoms with van der Waals surface area (Å²) in [6, 6.07) is -12.8. The highest BCUT2D eigenvalue weighted by Crippen LogP contribution is 2.29. The molecule has 1 atom stereocenters. The third-order valence-corrected chi connectivity index (χ3v) is 3.34. The Morgan fingerprint density at radius 3 is 2.65 bits per heavy atom. The molecule has 1 N–H and O–H groups in total. The average Bonchev–Trinajstić information content (AvgIpc) is 2.85. The Bertz CT molecular complexity index is 1570. The molecule has 0 unspecified atom stereocenters. The van der Waals surface area contributed by atoms with Crippen LogP contribution < -0.4 is 5.32 Å². The summed E-state index contributed by atoms with van der Waals surface area (Å²) in [6.45, 7) is -6.09. The van der Waals surface area contributed by atoms with Crippen molar-refractivity contribution in [2.75, 3.05) is 6.50 Å². The molecule has 3 rings (SSSR count). The van der Waals surface area contributed by atoms with Crippen molar-refractivity contribution in [1.29, 1.82) is 0 Å². The molecule has 0 amide bonds. The molecule has 0 saturated carbocycles. The molecule has 0 aliphatic rings. The lowest BCUT2D eigenvalue weighted by Crippen LogP contribution is -2.20. The van der Waals surface area contributed by atoms with E-state index in [1.807, 2.05) is 0 Å². The van der Waals surface area contributed by atoms with E-state index in [9.17, 15) is 13.2 Å². The summed E-state index contributed by atoms with van der Waals surface area (Å²) in [5.74, 6) is 0. The molecule has 0 bridgehead atoms. The van der Waals surface area contributed by atoms with Crippen molar-refractivity contribution in [3.05, 3.63) is 83.2 Å². The number of alkyl halides is 3. The molecule has 0 heterocycles. The van der Waals surface area contributed by atoms with Gasteiger partial charge in [-0.15, -0.1) is 0 Å². The van der Waals surface area contributed by atoms with E-state index in [2.05, 4.69) is 5.32 Å². The Balaban J connectivity index is 2.18. The lowest BCUT2D eigenvalue weighted by atomic mass is 9.99. The van der Waals surface area contributed by atoms with Crippen molar-refractivity contribution in [2.24, 2.45) is 0 Å². The first-order valence-corrected chi connectivity index (χ1v) is 7.39. The highest BCUT2D eigenvalue weighted by molar-refractivity contribution is 5.86. The van der Waals surface area contributed by atoms with E-state index in [1.165, 1.54) is 0 Å². The topological polar surface area (TPSA) is 12.0 Å². The Morgan fingerprint density at radius 2 is 1.85 bits per heavy atom. The fraction of sp³-hybridized carbons (Fsp3) is 0.273. The zero-order chi connectivity index (χ0) is 32.4. The molecule has 0 aliphatic heterocycles. The smallest absolute Gasteiger partial charge is 0.310 e. The Morgan fingerprint density at radius 1 is 1.08 bits per heavy atom. The molecule has 0 saturated heterocycles. The first-order valence-electron chi connectivity index (χ1n) is 15.4. The van der Waals surface area contributed by atoms with Crippen LogP contribution in [0.25, 0.3) is 10.8 Å². The first-order chi connectivity index (χ1) is 19.0. The summed E-state index contributed by atoms with van der Waals surface area (Å²) in [5.41, 5.74) is -3.23. The van der Waals surface area contributed by atoms with Gasteiger partial charge in [0.05, 0.1) is 20.6 Å². The summed E-state index contributed by atoms with van der Waals surface area (Å²) < 4.78 is 169. The van der Waals surface area contributed by atoms with Gasteiger partial charge in [0.1, 0.15) is 0 Å². The maximum absolute atomic E-state index is 13.5. The number of halogens is 3. The molecular formula is C22H22F3N. The highest BCUT2D eigenvalue weighted by Gasteiger charge is 2.30. The van der Waals surface area contributed by atoms with Crippen LogP contribution in [-0.4, -0.2) is 6.50 Å². The zero-order valence-electron chi connectivity index (χ0n) is 29.1. The Kier molecular flexibility index (Phi) is 2.13. The van der Waals surface area contributed by atoms with E-state index < -0.39 is 132 Å². The van der Waals surface area contributed by atoms with Crippen LogP contribution in [0.3, 0.4) is 0 Å². The highest BCUT2D eigenvalue weighted by atomic mass is 19.4. The van der Waals surface area contributed by atoms with E-state index >= 15 is 0 Å². The van der Waals surface area contributed by atoms with E-state index in [-0.39, 0.29) is 0 Å². The molecule has 136 valence electrons. The second-order valence-corrected chi connectivity index (χ2v) is 5.14. The van der Waals surface area contributed by atoms with Crippen molar-refractivity contribution in [1.82, 2.24) is 5.32 Å². The number of benzene rings is 3. The maximum atomic E-state index is 13.5. The van der Waals surface area contributed by atoms with Crippen molar-refractivity contribution < 1.29 is 35.1 Å². The summed E-state index contributed by atoms with van der Waals surface area (Å²) in [4.78, 5) is 0. The van der Waals surface area contributed by atoms with Crippen LogP contribution in [0.5, 0.6) is 0 Å². The predicted molar refractivity (Wildman–Crippen MR) is 100 cm³/mol. The number of hydrogen-bond donors (Lipinski definition) is 1. The van der Waals surface area contributed by atoms with Gasteiger partial charge in [-0.2, -0.15) is 13.2 Å². The van der Waals surface area contributed by atoms with Crippen molar-refractivity contribution in [3.63, 3.8) is 0 Å². The predicted octanol–water partition coefficient (Wildman–Crippen LogP) is 6.14. The third-order valence-electron chi connectivity index (χ3n) is 3.34. The maximum Gasteiger partial charge on any atom is 0.416 e. The summed E-state index contributed by atoms with van der Waals surface area (Å²) in [6.07, 6.45) is -6.89. The van der Waals surface area contributed by atoms with Crippen LogP contribution in [0.15, 0.2) is 66.5 Å². The van der Waals surface area contributed by atoms with Gasteiger partial charge in [-0.3, -0.25) is 0 Å². The minimum atomic E-state index is -5.22. The lowest BCUT2D eigenvalue weighted by molar-refractivity contribution is -0.137. The molecule has 26 heavy (non-hydrogen) atoms. The van der Waals surface area contributed by atoms with Gasteiger partial charge in [-0.05, 0) is 54.1 Å². The van der Waals surface area contributed by atoms with Gasteiger partial charge in [0.25, 0.3) is 0 Å². The van der Waals surface area contributed by atoms with Gasteiger partial charge in [-0.1, -0.05) is 60.4 Å². The van der Waals surface area contributed by atoms with Gasteiger partial charge in [0.15, 0.2) is 0 Å². The molecule has 1 nitrogen and oxygen atoms in total. The standard InChI is InChI=1S/C22H22F3N/c1-16(20-13-5-10-18-9-2-3-12-21(18)20)26-14-6-8-17-7-4-11-19(15-17)22(23,24)25/h2-5,7,9-13,15-16,26H,6,8,14H2,1H3/t16-/m1/s1/i1D3,2D,3D,4D,5D,7D,9D,10D,11D,12D,13D,14D2,15D. The Hall–Kier alpha value is -2.33. The first kappa shape index (κ1) is 7.01. The second kappa shape index (κ2) is 7.92. The van der Waals surface area contributed by atoms with Crippen LogP contribution in [0.4, 0.5) is 13.2 Å². The lowest BCUT2D eigenvalue weighted by Gasteiger charge is -2.17. The minimum absolute atomic E-state index is 0.565. The molecule has 0 aliphatic carbocycles. The fourth-order valence-electron chi connectivity index (χ4n) is 2.13. The van der Waals surface area contributed by atoms with Gasteiger partial charge in [0, 0.05) is 12.9 Å².